The number of hydrogen-bond acceptors (Lipinski definition) is 5. The van der Waals surface area contributed by atoms with E-state index in [2.05, 4.69) is 17.6 Å². The first-order valence-electron chi connectivity index (χ1n) is 13.0. The van der Waals surface area contributed by atoms with Gasteiger partial charge < -0.3 is 30.2 Å². The van der Waals surface area contributed by atoms with Crippen LogP contribution in [0.3, 0.4) is 0 Å². The molecular weight excluding hydrogens is 522 g/mol. The van der Waals surface area contributed by atoms with E-state index in [4.69, 9.17) is 16.3 Å². The van der Waals surface area contributed by atoms with Gasteiger partial charge in [-0.1, -0.05) is 55.3 Å². The number of carboxylic acid groups (broad SMARTS) is 1. The smallest absolute Gasteiger partial charge is 0.319 e. The number of hydrogen-bond donors (Lipinski definition) is 4. The predicted octanol–water partition coefficient (Wildman–Crippen LogP) is 5.26. The molecule has 0 spiro atoms. The Morgan fingerprint density at radius 1 is 1.15 bits per heavy atom. The van der Waals surface area contributed by atoms with Crippen molar-refractivity contribution in [2.45, 2.75) is 58.0 Å². The number of nitrogens with one attached hydrogen (secondary N) is 2. The van der Waals surface area contributed by atoms with Crippen molar-refractivity contribution < 1.29 is 24.5 Å². The van der Waals surface area contributed by atoms with Crippen LogP contribution in [0.15, 0.2) is 53.3 Å². The average Bonchev–Trinajstić information content (AvgIpc) is 3.40. The largest absolute Gasteiger partial charge is 0.505 e. The highest BCUT2D eigenvalue weighted by Gasteiger charge is 2.27. The fourth-order valence-electron chi connectivity index (χ4n) is 4.76. The van der Waals surface area contributed by atoms with Crippen LogP contribution in [-0.4, -0.2) is 33.4 Å². The van der Waals surface area contributed by atoms with Gasteiger partial charge in [0.05, 0.1) is 25.6 Å². The van der Waals surface area contributed by atoms with Crippen LogP contribution in [0.5, 0.6) is 11.5 Å². The number of rotatable bonds is 11. The molecule has 1 aliphatic rings. The molecule has 1 heterocycles. The Balaban J connectivity index is 1.60. The molecule has 0 bridgehead atoms. The second-order valence-corrected chi connectivity index (χ2v) is 9.92. The number of ether oxygens (including phenoxy) is 1. The number of unbranched alkanes of at least 4 members (excludes halogenated alkanes) is 1. The Kier molecular flexibility index (Phi) is 9.14. The van der Waals surface area contributed by atoms with Gasteiger partial charge in [-0.2, -0.15) is 0 Å². The first-order chi connectivity index (χ1) is 18.8. The van der Waals surface area contributed by atoms with Gasteiger partial charge >= 0.3 is 12.0 Å². The SMILES string of the molecule is CCCCOc1cccc([C@H](CC(=O)O)NC(=O)Nc2c(O)c3c(n(Cc4ccccc4Cl)c2=O)CCC3)c1. The summed E-state index contributed by atoms with van der Waals surface area (Å²) >= 11 is 6.33. The Labute approximate surface area is 231 Å². The van der Waals surface area contributed by atoms with E-state index in [0.29, 0.717) is 47.0 Å². The van der Waals surface area contributed by atoms with Crippen molar-refractivity contribution in [1.82, 2.24) is 9.88 Å². The zero-order valence-electron chi connectivity index (χ0n) is 21.7. The van der Waals surface area contributed by atoms with E-state index < -0.39 is 30.0 Å². The lowest BCUT2D eigenvalue weighted by Gasteiger charge is -2.21. The van der Waals surface area contributed by atoms with Crippen molar-refractivity contribution in [3.8, 4) is 11.5 Å². The van der Waals surface area contributed by atoms with Crippen molar-refractivity contribution in [3.05, 3.63) is 86.3 Å². The number of anilines is 1. The number of halogens is 1. The van der Waals surface area contributed by atoms with Crippen LogP contribution in [0.4, 0.5) is 10.5 Å². The fraction of sp³-hybridized carbons (Fsp3) is 0.345. The molecule has 10 heteroatoms. The van der Waals surface area contributed by atoms with Crippen molar-refractivity contribution in [2.75, 3.05) is 11.9 Å². The second-order valence-electron chi connectivity index (χ2n) is 9.51. The van der Waals surface area contributed by atoms with E-state index in [-0.39, 0.29) is 18.0 Å². The van der Waals surface area contributed by atoms with Crippen molar-refractivity contribution in [1.29, 1.82) is 0 Å². The molecule has 0 fully saturated rings. The van der Waals surface area contributed by atoms with Crippen LogP contribution in [0.2, 0.25) is 5.02 Å². The first-order valence-corrected chi connectivity index (χ1v) is 13.4. The molecule has 1 aliphatic carbocycles. The van der Waals surface area contributed by atoms with Gasteiger partial charge in [-0.3, -0.25) is 9.59 Å². The molecule has 4 N–H and O–H groups in total. The number of carbonyl (C=O) groups excluding carboxylic acids is 1. The summed E-state index contributed by atoms with van der Waals surface area (Å²) in [5.41, 5.74) is 1.77. The number of aliphatic carboxylic acids is 1. The number of aromatic hydroxyl groups is 1. The summed E-state index contributed by atoms with van der Waals surface area (Å²) in [4.78, 5) is 38.2. The molecule has 0 saturated heterocycles. The monoisotopic (exact) mass is 553 g/mol. The number of amides is 2. The predicted molar refractivity (Wildman–Crippen MR) is 149 cm³/mol. The van der Waals surface area contributed by atoms with Crippen LogP contribution in [0.25, 0.3) is 0 Å². The van der Waals surface area contributed by atoms with E-state index in [1.165, 1.54) is 4.57 Å². The van der Waals surface area contributed by atoms with E-state index >= 15 is 0 Å². The minimum atomic E-state index is -1.11. The van der Waals surface area contributed by atoms with Gasteiger partial charge in [0.2, 0.25) is 0 Å². The molecule has 0 saturated carbocycles. The summed E-state index contributed by atoms with van der Waals surface area (Å²) in [7, 11) is 0. The van der Waals surface area contributed by atoms with E-state index in [9.17, 15) is 24.6 Å². The molecule has 206 valence electrons. The number of carboxylic acids is 1. The number of nitrogens with zero attached hydrogens (tertiary/aromatic N) is 1. The van der Waals surface area contributed by atoms with Gasteiger partial charge in [-0.05, 0) is 55.0 Å². The molecule has 9 nitrogen and oxygen atoms in total. The fourth-order valence-corrected chi connectivity index (χ4v) is 4.95. The highest BCUT2D eigenvalue weighted by atomic mass is 35.5. The lowest BCUT2D eigenvalue weighted by Crippen LogP contribution is -2.37. The van der Waals surface area contributed by atoms with E-state index in [0.717, 1.165) is 24.8 Å². The zero-order chi connectivity index (χ0) is 27.9. The third-order valence-electron chi connectivity index (χ3n) is 6.73. The highest BCUT2D eigenvalue weighted by Crippen LogP contribution is 2.34. The van der Waals surface area contributed by atoms with Crippen LogP contribution < -0.4 is 20.9 Å². The van der Waals surface area contributed by atoms with Gasteiger partial charge in [0.15, 0.2) is 5.69 Å². The standard InChI is InChI=1S/C29H32ClN3O6/c1-2-3-14-39-20-10-6-9-18(15-20)23(16-25(34)35)31-29(38)32-26-27(36)21-11-7-13-24(21)33(28(26)37)17-19-8-4-5-12-22(19)30/h4-6,8-10,12,15,23,36H,2-3,7,11,13-14,16-17H2,1H3,(H,34,35)(H2,31,32,38)/t23-/m0/s1. The summed E-state index contributed by atoms with van der Waals surface area (Å²) in [5.74, 6) is -0.809. The topological polar surface area (TPSA) is 130 Å². The van der Waals surface area contributed by atoms with Crippen LogP contribution in [-0.2, 0) is 24.2 Å². The zero-order valence-corrected chi connectivity index (χ0v) is 22.5. The normalized spacial score (nSPS) is 13.0. The van der Waals surface area contributed by atoms with Crippen LogP contribution in [0, 0.1) is 0 Å². The van der Waals surface area contributed by atoms with Gasteiger partial charge in [0.25, 0.3) is 5.56 Å². The molecule has 0 radical (unpaired) electrons. The van der Waals surface area contributed by atoms with Crippen LogP contribution >= 0.6 is 11.6 Å². The third-order valence-corrected chi connectivity index (χ3v) is 7.10. The van der Waals surface area contributed by atoms with Gasteiger partial charge in [0, 0.05) is 16.3 Å². The Morgan fingerprint density at radius 3 is 2.69 bits per heavy atom. The Bertz CT molecular complexity index is 1420. The molecular formula is C29H32ClN3O6. The number of pyridine rings is 1. The van der Waals surface area contributed by atoms with Gasteiger partial charge in [0.1, 0.15) is 11.5 Å². The van der Waals surface area contributed by atoms with Crippen molar-refractivity contribution in [2.24, 2.45) is 0 Å². The summed E-state index contributed by atoms with van der Waals surface area (Å²) < 4.78 is 7.26. The summed E-state index contributed by atoms with van der Waals surface area (Å²) in [6.45, 7) is 2.76. The van der Waals surface area contributed by atoms with Crippen LogP contribution in [0.1, 0.15) is 61.0 Å². The average molecular weight is 554 g/mol. The maximum Gasteiger partial charge on any atom is 0.319 e. The second kappa shape index (κ2) is 12.7. The van der Waals surface area contributed by atoms with Gasteiger partial charge in [-0.25, -0.2) is 4.79 Å². The maximum atomic E-state index is 13.5. The summed E-state index contributed by atoms with van der Waals surface area (Å²) in [5, 5.41) is 26.0. The van der Waals surface area contributed by atoms with Gasteiger partial charge in [-0.15, -0.1) is 0 Å². The van der Waals surface area contributed by atoms with E-state index in [1.54, 1.807) is 36.4 Å². The molecule has 39 heavy (non-hydrogen) atoms. The molecule has 2 aromatic carbocycles. The van der Waals surface area contributed by atoms with E-state index in [1.807, 2.05) is 12.1 Å². The summed E-state index contributed by atoms with van der Waals surface area (Å²) in [6, 6.07) is 12.3. The lowest BCUT2D eigenvalue weighted by molar-refractivity contribution is -0.137. The maximum absolute atomic E-state index is 13.5. The number of fused-ring (bicyclic) bond motifs is 1. The molecule has 0 aliphatic heterocycles. The number of carbonyl (C=O) groups is 2. The third kappa shape index (κ3) is 6.72. The summed E-state index contributed by atoms with van der Waals surface area (Å²) in [6.07, 6.45) is 3.40. The molecule has 1 atom stereocenters. The molecule has 4 rings (SSSR count). The Morgan fingerprint density at radius 2 is 1.95 bits per heavy atom. The lowest BCUT2D eigenvalue weighted by atomic mass is 10.0. The molecule has 3 aromatic rings. The highest BCUT2D eigenvalue weighted by molar-refractivity contribution is 6.31. The number of aromatic nitrogens is 1. The van der Waals surface area contributed by atoms with Crippen molar-refractivity contribution in [3.63, 3.8) is 0 Å². The molecule has 1 aromatic heterocycles. The minimum Gasteiger partial charge on any atom is -0.505 e. The van der Waals surface area contributed by atoms with Crippen molar-refractivity contribution >= 4 is 29.3 Å². The molecule has 2 amide bonds. The minimum absolute atomic E-state index is 0.184. The number of benzene rings is 2. The quantitative estimate of drug-likeness (QED) is 0.240. The number of urea groups is 1. The first kappa shape index (κ1) is 28.0. The Hall–Kier alpha value is -3.98. The molecule has 0 unspecified atom stereocenters.